The van der Waals surface area contributed by atoms with E-state index >= 15 is 0 Å². The van der Waals surface area contributed by atoms with Crippen molar-refractivity contribution in [2.45, 2.75) is 13.8 Å². The Morgan fingerprint density at radius 2 is 2.05 bits per heavy atom. The molecule has 2 rings (SSSR count). The number of piperazine rings is 1. The number of hydrogen-bond donors (Lipinski definition) is 2. The molecule has 1 fully saturated rings. The Morgan fingerprint density at radius 1 is 1.33 bits per heavy atom. The van der Waals surface area contributed by atoms with E-state index in [4.69, 9.17) is 11.6 Å². The van der Waals surface area contributed by atoms with E-state index in [1.165, 1.54) is 11.3 Å². The molecule has 1 aliphatic heterocycles. The van der Waals surface area contributed by atoms with Crippen LogP contribution in [0.2, 0.25) is 5.02 Å². The predicted octanol–water partition coefficient (Wildman–Crippen LogP) is 2.42. The molecule has 1 aliphatic rings. The normalized spacial score (nSPS) is 15.6. The zero-order chi connectivity index (χ0) is 15.2. The number of rotatable bonds is 6. The van der Waals surface area contributed by atoms with Crippen LogP contribution < -0.4 is 15.5 Å². The van der Waals surface area contributed by atoms with Crippen LogP contribution in [0.1, 0.15) is 12.5 Å². The third-order valence-corrected chi connectivity index (χ3v) is 4.37. The summed E-state index contributed by atoms with van der Waals surface area (Å²) >= 11 is 6.32. The number of nitrogens with zero attached hydrogens (tertiary/aromatic N) is 2. The first-order valence-electron chi connectivity index (χ1n) is 7.80. The highest BCUT2D eigenvalue weighted by atomic mass is 35.5. The molecule has 5 heteroatoms. The van der Waals surface area contributed by atoms with Gasteiger partial charge in [-0.1, -0.05) is 18.5 Å². The number of halogens is 1. The van der Waals surface area contributed by atoms with E-state index in [0.717, 1.165) is 56.5 Å². The lowest BCUT2D eigenvalue weighted by atomic mass is 10.1. The van der Waals surface area contributed by atoms with E-state index in [9.17, 15) is 0 Å². The fourth-order valence-electron chi connectivity index (χ4n) is 2.62. The smallest absolute Gasteiger partial charge is 0.0447 e. The van der Waals surface area contributed by atoms with Crippen LogP contribution in [0.4, 0.5) is 11.4 Å². The standard InChI is InChI=1S/C16H27ClN4/c1-4-20(3)8-7-19-15-11-14(17)12-16(13(15)2)21-9-5-18-6-10-21/h11-12,18-19H,4-10H2,1-3H3. The van der Waals surface area contributed by atoms with Crippen LogP contribution in [0, 0.1) is 6.92 Å². The molecule has 0 aliphatic carbocycles. The molecule has 0 aromatic heterocycles. The lowest BCUT2D eigenvalue weighted by Gasteiger charge is -2.31. The van der Waals surface area contributed by atoms with Gasteiger partial charge in [-0.25, -0.2) is 0 Å². The molecule has 1 aromatic carbocycles. The second-order valence-electron chi connectivity index (χ2n) is 5.66. The summed E-state index contributed by atoms with van der Waals surface area (Å²) in [7, 11) is 2.14. The summed E-state index contributed by atoms with van der Waals surface area (Å²) in [6.07, 6.45) is 0. The molecule has 1 heterocycles. The van der Waals surface area contributed by atoms with Gasteiger partial charge in [0.2, 0.25) is 0 Å². The number of nitrogens with one attached hydrogen (secondary N) is 2. The maximum atomic E-state index is 6.32. The monoisotopic (exact) mass is 310 g/mol. The van der Waals surface area contributed by atoms with E-state index in [2.05, 4.69) is 47.4 Å². The van der Waals surface area contributed by atoms with Gasteiger partial charge in [-0.15, -0.1) is 0 Å². The third kappa shape index (κ3) is 4.50. The molecule has 2 N–H and O–H groups in total. The van der Waals surface area contributed by atoms with Crippen molar-refractivity contribution in [2.75, 3.05) is 63.1 Å². The summed E-state index contributed by atoms with van der Waals surface area (Å²) in [5.41, 5.74) is 3.70. The molecule has 0 atom stereocenters. The van der Waals surface area contributed by atoms with Gasteiger partial charge in [-0.05, 0) is 38.2 Å². The highest BCUT2D eigenvalue weighted by Crippen LogP contribution is 2.31. The fourth-order valence-corrected chi connectivity index (χ4v) is 2.83. The summed E-state index contributed by atoms with van der Waals surface area (Å²) < 4.78 is 0. The molecule has 1 aromatic rings. The molecule has 1 saturated heterocycles. The number of likely N-dealkylation sites (N-methyl/N-ethyl adjacent to an activating group) is 1. The molecular formula is C16H27ClN4. The van der Waals surface area contributed by atoms with Gasteiger partial charge in [-0.2, -0.15) is 0 Å². The summed E-state index contributed by atoms with van der Waals surface area (Å²) in [4.78, 5) is 4.71. The van der Waals surface area contributed by atoms with Gasteiger partial charge >= 0.3 is 0 Å². The van der Waals surface area contributed by atoms with Crippen molar-refractivity contribution >= 4 is 23.0 Å². The first kappa shape index (κ1) is 16.4. The average molecular weight is 311 g/mol. The zero-order valence-corrected chi connectivity index (χ0v) is 14.1. The van der Waals surface area contributed by atoms with E-state index in [1.807, 2.05) is 6.07 Å². The molecule has 0 bridgehead atoms. The van der Waals surface area contributed by atoms with E-state index in [1.54, 1.807) is 0 Å². The molecule has 0 unspecified atom stereocenters. The summed E-state index contributed by atoms with van der Waals surface area (Å²) in [6, 6.07) is 4.13. The van der Waals surface area contributed by atoms with E-state index in [-0.39, 0.29) is 0 Å². The highest BCUT2D eigenvalue weighted by molar-refractivity contribution is 6.31. The lowest BCUT2D eigenvalue weighted by Crippen LogP contribution is -2.43. The fraction of sp³-hybridized carbons (Fsp3) is 0.625. The summed E-state index contributed by atoms with van der Waals surface area (Å²) in [6.45, 7) is 11.6. The van der Waals surface area contributed by atoms with Gasteiger partial charge in [0.05, 0.1) is 0 Å². The maximum Gasteiger partial charge on any atom is 0.0447 e. The van der Waals surface area contributed by atoms with Crippen molar-refractivity contribution in [3.8, 4) is 0 Å². The Balaban J connectivity index is 2.08. The second kappa shape index (κ2) is 7.87. The maximum absolute atomic E-state index is 6.32. The summed E-state index contributed by atoms with van der Waals surface area (Å²) in [5, 5.41) is 7.73. The first-order valence-corrected chi connectivity index (χ1v) is 8.18. The third-order valence-electron chi connectivity index (χ3n) is 4.15. The lowest BCUT2D eigenvalue weighted by molar-refractivity contribution is 0.367. The second-order valence-corrected chi connectivity index (χ2v) is 6.09. The molecule has 0 spiro atoms. The number of anilines is 2. The molecule has 0 saturated carbocycles. The summed E-state index contributed by atoms with van der Waals surface area (Å²) in [5.74, 6) is 0. The van der Waals surface area contributed by atoms with Crippen molar-refractivity contribution in [1.29, 1.82) is 0 Å². The first-order chi connectivity index (χ1) is 10.1. The Bertz CT molecular complexity index is 458. The van der Waals surface area contributed by atoms with E-state index < -0.39 is 0 Å². The van der Waals surface area contributed by atoms with Crippen molar-refractivity contribution in [3.05, 3.63) is 22.7 Å². The Labute approximate surface area is 133 Å². The Kier molecular flexibility index (Phi) is 6.15. The van der Waals surface area contributed by atoms with Crippen LogP contribution in [0.15, 0.2) is 12.1 Å². The van der Waals surface area contributed by atoms with Crippen molar-refractivity contribution in [3.63, 3.8) is 0 Å². The van der Waals surface area contributed by atoms with Gasteiger partial charge in [0.25, 0.3) is 0 Å². The quantitative estimate of drug-likeness (QED) is 0.845. The minimum absolute atomic E-state index is 0.806. The molecule has 118 valence electrons. The van der Waals surface area contributed by atoms with Crippen molar-refractivity contribution in [1.82, 2.24) is 10.2 Å². The largest absolute Gasteiger partial charge is 0.383 e. The molecule has 0 radical (unpaired) electrons. The minimum Gasteiger partial charge on any atom is -0.383 e. The SMILES string of the molecule is CCN(C)CCNc1cc(Cl)cc(N2CCNCC2)c1C. The van der Waals surface area contributed by atoms with Gasteiger partial charge in [0.1, 0.15) is 0 Å². The number of hydrogen-bond acceptors (Lipinski definition) is 4. The average Bonchev–Trinajstić information content (AvgIpc) is 2.51. The van der Waals surface area contributed by atoms with Crippen LogP contribution in [-0.4, -0.2) is 57.8 Å². The number of benzene rings is 1. The predicted molar refractivity (Wildman–Crippen MR) is 92.9 cm³/mol. The van der Waals surface area contributed by atoms with E-state index in [0.29, 0.717) is 0 Å². The highest BCUT2D eigenvalue weighted by Gasteiger charge is 2.15. The minimum atomic E-state index is 0.806. The topological polar surface area (TPSA) is 30.5 Å². The van der Waals surface area contributed by atoms with Gasteiger partial charge in [0, 0.05) is 55.7 Å². The van der Waals surface area contributed by atoms with Crippen LogP contribution in [0.5, 0.6) is 0 Å². The Hall–Kier alpha value is -0.970. The molecule has 21 heavy (non-hydrogen) atoms. The van der Waals surface area contributed by atoms with Crippen LogP contribution in [-0.2, 0) is 0 Å². The van der Waals surface area contributed by atoms with Crippen molar-refractivity contribution < 1.29 is 0 Å². The molecule has 4 nitrogen and oxygen atoms in total. The molecular weight excluding hydrogens is 284 g/mol. The van der Waals surface area contributed by atoms with Crippen LogP contribution in [0.3, 0.4) is 0 Å². The van der Waals surface area contributed by atoms with Crippen molar-refractivity contribution in [2.24, 2.45) is 0 Å². The van der Waals surface area contributed by atoms with Crippen LogP contribution >= 0.6 is 11.6 Å². The Morgan fingerprint density at radius 3 is 2.71 bits per heavy atom. The van der Waals surface area contributed by atoms with Gasteiger partial charge in [0.15, 0.2) is 0 Å². The molecule has 0 amide bonds. The van der Waals surface area contributed by atoms with Crippen LogP contribution in [0.25, 0.3) is 0 Å². The van der Waals surface area contributed by atoms with Gasteiger partial charge in [-0.3, -0.25) is 0 Å². The van der Waals surface area contributed by atoms with Gasteiger partial charge < -0.3 is 20.4 Å². The zero-order valence-electron chi connectivity index (χ0n) is 13.4.